The number of nitrogens with one attached hydrogen (secondary N) is 2. The maximum atomic E-state index is 11.7. The zero-order valence-electron chi connectivity index (χ0n) is 10.7. The van der Waals surface area contributed by atoms with Gasteiger partial charge in [-0.2, -0.15) is 0 Å². The van der Waals surface area contributed by atoms with E-state index in [0.717, 1.165) is 19.3 Å². The van der Waals surface area contributed by atoms with Gasteiger partial charge in [-0.1, -0.05) is 38.4 Å². The molecule has 18 heavy (non-hydrogen) atoms. The molecule has 4 N–H and O–H groups in total. The second kappa shape index (κ2) is 7.31. The van der Waals surface area contributed by atoms with Gasteiger partial charge in [-0.3, -0.25) is 9.59 Å². The molecule has 102 valence electrons. The number of thiocarbonyl (C=S) groups is 1. The van der Waals surface area contributed by atoms with E-state index in [2.05, 4.69) is 29.8 Å². The smallest absolute Gasteiger partial charge is 0.309 e. The van der Waals surface area contributed by atoms with Crippen molar-refractivity contribution in [2.24, 2.45) is 11.7 Å². The van der Waals surface area contributed by atoms with E-state index in [9.17, 15) is 9.59 Å². The fourth-order valence-corrected chi connectivity index (χ4v) is 2.26. The van der Waals surface area contributed by atoms with Crippen LogP contribution >= 0.6 is 12.2 Å². The van der Waals surface area contributed by atoms with Gasteiger partial charge in [0.25, 0.3) is 0 Å². The fraction of sp³-hybridized carbons (Fsp3) is 0.750. The number of carbonyl (C=O) groups is 2. The lowest BCUT2D eigenvalue weighted by molar-refractivity contribution is -0.139. The molecule has 0 aromatic rings. The van der Waals surface area contributed by atoms with E-state index in [4.69, 9.17) is 5.73 Å². The number of rotatable bonds is 3. The Hall–Kier alpha value is -1.17. The highest BCUT2D eigenvalue weighted by molar-refractivity contribution is 7.80. The second-order valence-corrected chi connectivity index (χ2v) is 5.37. The molecule has 1 rings (SSSR count). The molecule has 0 radical (unpaired) electrons. The van der Waals surface area contributed by atoms with Crippen LogP contribution in [0.15, 0.2) is 0 Å². The third kappa shape index (κ3) is 5.00. The molecule has 0 spiro atoms. The van der Waals surface area contributed by atoms with Gasteiger partial charge in [0, 0.05) is 6.04 Å². The molecule has 0 aromatic carbocycles. The summed E-state index contributed by atoms with van der Waals surface area (Å²) in [5.74, 6) is -0.843. The lowest BCUT2D eigenvalue weighted by atomic mass is 9.97. The van der Waals surface area contributed by atoms with E-state index in [0.29, 0.717) is 5.92 Å². The van der Waals surface area contributed by atoms with Crippen LogP contribution in [0.5, 0.6) is 0 Å². The minimum atomic E-state index is -0.667. The van der Waals surface area contributed by atoms with E-state index in [1.54, 1.807) is 0 Å². The fourth-order valence-electron chi connectivity index (χ4n) is 2.19. The van der Waals surface area contributed by atoms with Crippen molar-refractivity contribution in [3.8, 4) is 0 Å². The van der Waals surface area contributed by atoms with Crippen molar-refractivity contribution in [2.75, 3.05) is 6.54 Å². The van der Waals surface area contributed by atoms with Crippen molar-refractivity contribution < 1.29 is 9.59 Å². The number of carbonyl (C=O) groups excluding carboxylic acids is 2. The van der Waals surface area contributed by atoms with E-state index in [1.165, 1.54) is 12.8 Å². The van der Waals surface area contributed by atoms with Crippen LogP contribution in [0.1, 0.15) is 39.0 Å². The average Bonchev–Trinajstić information content (AvgIpc) is 2.51. The molecule has 1 aliphatic carbocycles. The number of amides is 2. The van der Waals surface area contributed by atoms with E-state index >= 15 is 0 Å². The summed E-state index contributed by atoms with van der Waals surface area (Å²) in [5, 5.41) is 5.18. The van der Waals surface area contributed by atoms with Gasteiger partial charge >= 0.3 is 11.8 Å². The molecule has 0 aliphatic heterocycles. The summed E-state index contributed by atoms with van der Waals surface area (Å²) in [5.41, 5.74) is 5.25. The molecule has 2 unspecified atom stereocenters. The largest absolute Gasteiger partial charge is 0.392 e. The van der Waals surface area contributed by atoms with E-state index in [1.807, 2.05) is 0 Å². The van der Waals surface area contributed by atoms with Crippen LogP contribution in [0, 0.1) is 5.92 Å². The maximum absolute atomic E-state index is 11.7. The van der Waals surface area contributed by atoms with Gasteiger partial charge in [0.15, 0.2) is 0 Å². The minimum Gasteiger partial charge on any atom is -0.392 e. The number of hydrogen-bond acceptors (Lipinski definition) is 3. The standard InChI is InChI=1S/C12H21N3O2S/c1-8-5-3-2-4-6-9(8)15-12(17)11(16)14-7-10(13)18/h8-9H,2-7H2,1H3,(H2,13,18)(H,14,16)(H,15,17). The maximum Gasteiger partial charge on any atom is 0.309 e. The third-order valence-corrected chi connectivity index (χ3v) is 3.45. The van der Waals surface area contributed by atoms with Crippen LogP contribution in [0.25, 0.3) is 0 Å². The molecule has 2 amide bonds. The van der Waals surface area contributed by atoms with Crippen molar-refractivity contribution in [3.05, 3.63) is 0 Å². The molecule has 1 fully saturated rings. The summed E-state index contributed by atoms with van der Waals surface area (Å²) in [6.45, 7) is 2.17. The Bertz CT molecular complexity index is 333. The summed E-state index contributed by atoms with van der Waals surface area (Å²) in [6, 6.07) is 0.0931. The monoisotopic (exact) mass is 271 g/mol. The second-order valence-electron chi connectivity index (χ2n) is 4.84. The summed E-state index contributed by atoms with van der Waals surface area (Å²) < 4.78 is 0. The first-order valence-corrected chi connectivity index (χ1v) is 6.78. The molecule has 1 saturated carbocycles. The van der Waals surface area contributed by atoms with Gasteiger partial charge in [0.1, 0.15) is 0 Å². The van der Waals surface area contributed by atoms with Gasteiger partial charge in [-0.15, -0.1) is 0 Å². The Morgan fingerprint density at radius 3 is 2.56 bits per heavy atom. The zero-order chi connectivity index (χ0) is 13.5. The molecule has 1 aliphatic rings. The third-order valence-electron chi connectivity index (χ3n) is 3.31. The molecular formula is C12H21N3O2S. The SMILES string of the molecule is CC1CCCCCC1NC(=O)C(=O)NCC(N)=S. The van der Waals surface area contributed by atoms with Crippen molar-refractivity contribution in [1.82, 2.24) is 10.6 Å². The molecule has 6 heteroatoms. The molecule has 0 aromatic heterocycles. The van der Waals surface area contributed by atoms with Crippen molar-refractivity contribution in [1.29, 1.82) is 0 Å². The summed E-state index contributed by atoms with van der Waals surface area (Å²) >= 11 is 4.63. The van der Waals surface area contributed by atoms with Gasteiger partial charge in [0.05, 0.1) is 11.5 Å². The van der Waals surface area contributed by atoms with Crippen LogP contribution in [-0.4, -0.2) is 29.4 Å². The molecule has 0 heterocycles. The van der Waals surface area contributed by atoms with Crippen LogP contribution in [0.2, 0.25) is 0 Å². The van der Waals surface area contributed by atoms with Crippen LogP contribution in [0.4, 0.5) is 0 Å². The van der Waals surface area contributed by atoms with E-state index < -0.39 is 11.8 Å². The zero-order valence-corrected chi connectivity index (χ0v) is 11.5. The number of nitrogens with two attached hydrogens (primary N) is 1. The highest BCUT2D eigenvalue weighted by atomic mass is 32.1. The molecule has 2 atom stereocenters. The Kier molecular flexibility index (Phi) is 6.04. The number of hydrogen-bond donors (Lipinski definition) is 3. The Balaban J connectivity index is 2.42. The van der Waals surface area contributed by atoms with Crippen molar-refractivity contribution >= 4 is 29.0 Å². The first-order valence-electron chi connectivity index (χ1n) is 6.37. The highest BCUT2D eigenvalue weighted by Gasteiger charge is 2.24. The van der Waals surface area contributed by atoms with Crippen LogP contribution in [0.3, 0.4) is 0 Å². The first-order chi connectivity index (χ1) is 8.50. The van der Waals surface area contributed by atoms with E-state index in [-0.39, 0.29) is 17.6 Å². The Morgan fingerprint density at radius 2 is 1.89 bits per heavy atom. The quantitative estimate of drug-likeness (QED) is 0.396. The summed E-state index contributed by atoms with van der Waals surface area (Å²) in [6.07, 6.45) is 5.53. The van der Waals surface area contributed by atoms with Crippen LogP contribution in [-0.2, 0) is 9.59 Å². The van der Waals surface area contributed by atoms with Crippen LogP contribution < -0.4 is 16.4 Å². The molecule has 5 nitrogen and oxygen atoms in total. The minimum absolute atomic E-state index is 0.0573. The van der Waals surface area contributed by atoms with Crippen molar-refractivity contribution in [3.63, 3.8) is 0 Å². The lowest BCUT2D eigenvalue weighted by Crippen LogP contribution is -2.47. The Morgan fingerprint density at radius 1 is 1.22 bits per heavy atom. The Labute approximate surface area is 113 Å². The molecule has 0 bridgehead atoms. The lowest BCUT2D eigenvalue weighted by Gasteiger charge is -2.22. The topological polar surface area (TPSA) is 84.2 Å². The van der Waals surface area contributed by atoms with Gasteiger partial charge in [-0.05, 0) is 18.8 Å². The highest BCUT2D eigenvalue weighted by Crippen LogP contribution is 2.22. The summed E-state index contributed by atoms with van der Waals surface area (Å²) in [4.78, 5) is 23.3. The predicted octanol–water partition coefficient (Wildman–Crippen LogP) is 0.474. The normalized spacial score (nSPS) is 23.8. The molecular weight excluding hydrogens is 250 g/mol. The first kappa shape index (κ1) is 14.9. The van der Waals surface area contributed by atoms with Gasteiger partial charge in [-0.25, -0.2) is 0 Å². The van der Waals surface area contributed by atoms with Gasteiger partial charge in [0.2, 0.25) is 0 Å². The van der Waals surface area contributed by atoms with Crippen molar-refractivity contribution in [2.45, 2.75) is 45.1 Å². The summed E-state index contributed by atoms with van der Waals surface area (Å²) in [7, 11) is 0. The average molecular weight is 271 g/mol. The molecule has 0 saturated heterocycles. The van der Waals surface area contributed by atoms with Gasteiger partial charge < -0.3 is 16.4 Å². The predicted molar refractivity (Wildman–Crippen MR) is 74.0 cm³/mol.